The van der Waals surface area contributed by atoms with Crippen LogP contribution in [0, 0.1) is 0 Å². The fourth-order valence-electron chi connectivity index (χ4n) is 2.23. The van der Waals surface area contributed by atoms with Crippen molar-refractivity contribution in [3.63, 3.8) is 0 Å². The summed E-state index contributed by atoms with van der Waals surface area (Å²) in [6, 6.07) is 0. The van der Waals surface area contributed by atoms with Crippen LogP contribution >= 0.6 is 0 Å². The molecule has 0 aromatic rings. The van der Waals surface area contributed by atoms with Gasteiger partial charge in [0.15, 0.2) is 0 Å². The summed E-state index contributed by atoms with van der Waals surface area (Å²) in [4.78, 5) is 0. The Morgan fingerprint density at radius 2 is 1.88 bits per heavy atom. The summed E-state index contributed by atoms with van der Waals surface area (Å²) in [5.41, 5.74) is 0. The van der Waals surface area contributed by atoms with Crippen molar-refractivity contribution >= 4 is 10.0 Å². The number of sulfonamides is 1. The lowest BCUT2D eigenvalue weighted by atomic mass is 10.2. The summed E-state index contributed by atoms with van der Waals surface area (Å²) in [7, 11) is -3.00. The minimum atomic E-state index is -3.00. The number of nitrogens with zero attached hydrogens (tertiary/aromatic N) is 2. The maximum Gasteiger partial charge on any atom is 0.214 e. The average molecular weight is 247 g/mol. The van der Waals surface area contributed by atoms with E-state index in [1.807, 2.05) is 6.08 Å². The fourth-order valence-corrected chi connectivity index (χ4v) is 3.32. The molecule has 0 spiro atoms. The van der Waals surface area contributed by atoms with Crippen LogP contribution in [-0.4, -0.2) is 62.2 Å². The average Bonchev–Trinajstić information content (AvgIpc) is 2.30. The predicted molar refractivity (Wildman–Crippen MR) is 66.6 cm³/mol. The van der Waals surface area contributed by atoms with Gasteiger partial charge < -0.3 is 4.48 Å². The number of piperazine rings is 1. The second kappa shape index (κ2) is 5.29. The van der Waals surface area contributed by atoms with Crippen LogP contribution in [-0.2, 0) is 10.0 Å². The maximum absolute atomic E-state index is 11.7. The Morgan fingerprint density at radius 1 is 1.31 bits per heavy atom. The lowest BCUT2D eigenvalue weighted by Crippen LogP contribution is -2.60. The van der Waals surface area contributed by atoms with Crippen molar-refractivity contribution in [1.82, 2.24) is 4.31 Å². The quantitative estimate of drug-likeness (QED) is 0.529. The smallest absolute Gasteiger partial charge is 0.214 e. The number of hydrogen-bond donors (Lipinski definition) is 0. The zero-order valence-electron chi connectivity index (χ0n) is 10.4. The van der Waals surface area contributed by atoms with E-state index >= 15 is 0 Å². The molecule has 5 heteroatoms. The topological polar surface area (TPSA) is 37.4 Å². The van der Waals surface area contributed by atoms with Crippen LogP contribution in [0.2, 0.25) is 0 Å². The van der Waals surface area contributed by atoms with Gasteiger partial charge in [-0.3, -0.25) is 0 Å². The minimum absolute atomic E-state index is 0.209. The maximum atomic E-state index is 11.7. The number of likely N-dealkylation sites (N-methyl/N-ethyl adjacent to an activating group) is 1. The van der Waals surface area contributed by atoms with Gasteiger partial charge in [0.05, 0.1) is 45.0 Å². The van der Waals surface area contributed by atoms with Gasteiger partial charge in [-0.15, -0.1) is 0 Å². The lowest BCUT2D eigenvalue weighted by Gasteiger charge is -2.43. The Kier molecular flexibility index (Phi) is 4.52. The van der Waals surface area contributed by atoms with E-state index in [9.17, 15) is 8.42 Å². The number of hydrogen-bond acceptors (Lipinski definition) is 2. The molecule has 1 fully saturated rings. The molecule has 0 aromatic carbocycles. The summed E-state index contributed by atoms with van der Waals surface area (Å²) in [6.07, 6.45) is 1.94. The Balaban J connectivity index is 2.66. The van der Waals surface area contributed by atoms with Crippen molar-refractivity contribution in [3.8, 4) is 0 Å². The standard InChI is InChI=1S/C11H23N2O2S/c1-4-9-13(5-2)10-7-12(8-11-13)16(14,15)6-3/h4H,1,5-11H2,2-3H3/q+1. The highest BCUT2D eigenvalue weighted by Crippen LogP contribution is 2.15. The van der Waals surface area contributed by atoms with Gasteiger partial charge in [-0.1, -0.05) is 6.58 Å². The lowest BCUT2D eigenvalue weighted by molar-refractivity contribution is -0.924. The minimum Gasteiger partial charge on any atom is -0.318 e. The summed E-state index contributed by atoms with van der Waals surface area (Å²) in [5, 5.41) is 0. The zero-order valence-corrected chi connectivity index (χ0v) is 11.2. The van der Waals surface area contributed by atoms with Crippen molar-refractivity contribution in [2.45, 2.75) is 13.8 Å². The van der Waals surface area contributed by atoms with E-state index in [2.05, 4.69) is 13.5 Å². The SMILES string of the molecule is C=CC[N+]1(CC)CCN(S(=O)(=O)CC)CC1. The Morgan fingerprint density at radius 3 is 2.25 bits per heavy atom. The van der Waals surface area contributed by atoms with E-state index < -0.39 is 10.0 Å². The third-order valence-corrected chi connectivity index (χ3v) is 5.47. The molecular weight excluding hydrogens is 224 g/mol. The molecule has 0 N–H and O–H groups in total. The second-order valence-corrected chi connectivity index (χ2v) is 6.63. The Hall–Kier alpha value is -0.390. The molecule has 0 bridgehead atoms. The molecule has 0 radical (unpaired) electrons. The van der Waals surface area contributed by atoms with E-state index in [-0.39, 0.29) is 5.75 Å². The largest absolute Gasteiger partial charge is 0.318 e. The molecule has 1 rings (SSSR count). The monoisotopic (exact) mass is 247 g/mol. The molecule has 1 aliphatic rings. The van der Waals surface area contributed by atoms with Crippen molar-refractivity contribution in [1.29, 1.82) is 0 Å². The van der Waals surface area contributed by atoms with Crippen LogP contribution in [0.3, 0.4) is 0 Å². The normalized spacial score (nSPS) is 21.9. The number of rotatable bonds is 5. The Bertz CT molecular complexity index is 330. The molecule has 1 saturated heterocycles. The van der Waals surface area contributed by atoms with Gasteiger partial charge in [-0.05, 0) is 19.9 Å². The summed E-state index contributed by atoms with van der Waals surface area (Å²) >= 11 is 0. The van der Waals surface area contributed by atoms with Crippen molar-refractivity contribution in [3.05, 3.63) is 12.7 Å². The van der Waals surface area contributed by atoms with Gasteiger partial charge in [0, 0.05) is 0 Å². The van der Waals surface area contributed by atoms with E-state index in [1.54, 1.807) is 11.2 Å². The first kappa shape index (κ1) is 13.7. The van der Waals surface area contributed by atoms with Gasteiger partial charge in [0.2, 0.25) is 10.0 Å². The second-order valence-electron chi connectivity index (χ2n) is 4.38. The fraction of sp³-hybridized carbons (Fsp3) is 0.818. The number of quaternary nitrogens is 1. The molecule has 1 aliphatic heterocycles. The zero-order chi connectivity index (χ0) is 12.2. The van der Waals surface area contributed by atoms with E-state index in [4.69, 9.17) is 0 Å². The van der Waals surface area contributed by atoms with Crippen LogP contribution < -0.4 is 0 Å². The first-order valence-corrected chi connectivity index (χ1v) is 7.54. The van der Waals surface area contributed by atoms with Gasteiger partial charge in [-0.2, -0.15) is 4.31 Å². The molecule has 0 amide bonds. The van der Waals surface area contributed by atoms with Gasteiger partial charge >= 0.3 is 0 Å². The van der Waals surface area contributed by atoms with Gasteiger partial charge in [0.25, 0.3) is 0 Å². The highest BCUT2D eigenvalue weighted by atomic mass is 32.2. The molecule has 0 atom stereocenters. The third-order valence-electron chi connectivity index (χ3n) is 3.59. The summed E-state index contributed by atoms with van der Waals surface area (Å²) in [6.45, 7) is 12.7. The molecule has 0 aromatic heterocycles. The molecular formula is C11H23N2O2S+. The summed E-state index contributed by atoms with van der Waals surface area (Å²) < 4.78 is 26.0. The van der Waals surface area contributed by atoms with Crippen molar-refractivity contribution in [2.24, 2.45) is 0 Å². The highest BCUT2D eigenvalue weighted by Gasteiger charge is 2.34. The molecule has 4 nitrogen and oxygen atoms in total. The highest BCUT2D eigenvalue weighted by molar-refractivity contribution is 7.89. The summed E-state index contributed by atoms with van der Waals surface area (Å²) in [5.74, 6) is 0.209. The predicted octanol–water partition coefficient (Wildman–Crippen LogP) is 0.674. The van der Waals surface area contributed by atoms with Crippen LogP contribution in [0.15, 0.2) is 12.7 Å². The van der Waals surface area contributed by atoms with E-state index in [1.165, 1.54) is 0 Å². The molecule has 0 unspecified atom stereocenters. The van der Waals surface area contributed by atoms with Crippen LogP contribution in [0.4, 0.5) is 0 Å². The van der Waals surface area contributed by atoms with Crippen LogP contribution in [0.5, 0.6) is 0 Å². The molecule has 94 valence electrons. The van der Waals surface area contributed by atoms with E-state index in [0.717, 1.165) is 30.7 Å². The van der Waals surface area contributed by atoms with Gasteiger partial charge in [0.1, 0.15) is 0 Å². The molecule has 1 heterocycles. The van der Waals surface area contributed by atoms with Crippen molar-refractivity contribution in [2.75, 3.05) is 45.0 Å². The van der Waals surface area contributed by atoms with Gasteiger partial charge in [-0.25, -0.2) is 8.42 Å². The first-order valence-electron chi connectivity index (χ1n) is 5.93. The first-order chi connectivity index (χ1) is 7.49. The molecule has 16 heavy (non-hydrogen) atoms. The Labute approximate surface area is 99.2 Å². The molecule has 0 aliphatic carbocycles. The van der Waals surface area contributed by atoms with Crippen LogP contribution in [0.1, 0.15) is 13.8 Å². The van der Waals surface area contributed by atoms with Crippen molar-refractivity contribution < 1.29 is 12.9 Å². The van der Waals surface area contributed by atoms with E-state index in [0.29, 0.717) is 13.1 Å². The third kappa shape index (κ3) is 2.84. The van der Waals surface area contributed by atoms with Crippen LogP contribution in [0.25, 0.3) is 0 Å². The molecule has 0 saturated carbocycles.